The van der Waals surface area contributed by atoms with Gasteiger partial charge in [0, 0.05) is 5.41 Å². The van der Waals surface area contributed by atoms with E-state index in [1.54, 1.807) is 0 Å². The molecule has 0 aromatic rings. The minimum Gasteiger partial charge on any atom is -0.119 e. The molecule has 0 heterocycles. The minimum absolute atomic E-state index is 0.266. The van der Waals surface area contributed by atoms with Crippen LogP contribution in [0.15, 0.2) is 0 Å². The summed E-state index contributed by atoms with van der Waals surface area (Å²) in [6.45, 7) is 6.77. The van der Waals surface area contributed by atoms with Crippen molar-refractivity contribution < 1.29 is 0 Å². The molecule has 0 aliphatic heterocycles. The Morgan fingerprint density at radius 2 is 2.00 bits per heavy atom. The fourth-order valence-electron chi connectivity index (χ4n) is 1.48. The van der Waals surface area contributed by atoms with Crippen LogP contribution in [-0.2, 0) is 0 Å². The molecule has 1 fully saturated rings. The highest BCUT2D eigenvalue weighted by Crippen LogP contribution is 2.59. The number of hydrogen-bond donors (Lipinski definition) is 0. The lowest BCUT2D eigenvalue weighted by atomic mass is 9.74. The fourth-order valence-corrected chi connectivity index (χ4v) is 1.48. The molecule has 1 rings (SSSR count). The Bertz CT molecular complexity index is 165. The van der Waals surface area contributed by atoms with Crippen LogP contribution in [0.25, 0.3) is 0 Å². The Balaban J connectivity index is 2.74. The van der Waals surface area contributed by atoms with Gasteiger partial charge in [-0.15, -0.1) is 6.42 Å². The molecule has 0 unspecified atom stereocenters. The molecule has 1 aliphatic carbocycles. The van der Waals surface area contributed by atoms with Gasteiger partial charge in [0.15, 0.2) is 0 Å². The van der Waals surface area contributed by atoms with E-state index in [-0.39, 0.29) is 5.41 Å². The molecule has 1 aliphatic rings. The molecule has 0 aromatic heterocycles. The fraction of sp³-hybridized carbons (Fsp3) is 0.800. The van der Waals surface area contributed by atoms with Gasteiger partial charge in [0.25, 0.3) is 0 Å². The average molecular weight is 136 g/mol. The highest BCUT2D eigenvalue weighted by Gasteiger charge is 2.51. The summed E-state index contributed by atoms with van der Waals surface area (Å²) in [5.41, 5.74) is 0.628. The van der Waals surface area contributed by atoms with Gasteiger partial charge in [-0.3, -0.25) is 0 Å². The summed E-state index contributed by atoms with van der Waals surface area (Å²) in [5.74, 6) is 2.94. The Hall–Kier alpha value is -0.440. The zero-order chi connectivity index (χ0) is 7.83. The molecule has 56 valence electrons. The lowest BCUT2D eigenvalue weighted by Gasteiger charge is -2.29. The Kier molecular flexibility index (Phi) is 1.55. The molecule has 0 radical (unpaired) electrons. The third kappa shape index (κ3) is 0.850. The van der Waals surface area contributed by atoms with Crippen molar-refractivity contribution >= 4 is 0 Å². The van der Waals surface area contributed by atoms with Gasteiger partial charge in [0.1, 0.15) is 0 Å². The quantitative estimate of drug-likeness (QED) is 0.512. The van der Waals surface area contributed by atoms with Crippen molar-refractivity contribution in [1.29, 1.82) is 0 Å². The van der Waals surface area contributed by atoms with E-state index >= 15 is 0 Å². The second-order valence-corrected chi connectivity index (χ2v) is 3.96. The molecule has 0 spiro atoms. The third-order valence-corrected chi connectivity index (χ3v) is 3.21. The maximum absolute atomic E-state index is 5.48. The average Bonchev–Trinajstić information content (AvgIpc) is 2.67. The molecule has 0 saturated heterocycles. The van der Waals surface area contributed by atoms with E-state index < -0.39 is 0 Å². The molecule has 0 heteroatoms. The van der Waals surface area contributed by atoms with Gasteiger partial charge in [0.2, 0.25) is 0 Å². The van der Waals surface area contributed by atoms with Crippen molar-refractivity contribution in [3.05, 3.63) is 0 Å². The summed E-state index contributed by atoms with van der Waals surface area (Å²) < 4.78 is 0. The molecule has 1 saturated carbocycles. The first-order valence-corrected chi connectivity index (χ1v) is 4.06. The van der Waals surface area contributed by atoms with Crippen LogP contribution >= 0.6 is 0 Å². The van der Waals surface area contributed by atoms with E-state index in [0.29, 0.717) is 5.41 Å². The Labute approximate surface area is 64.0 Å². The first-order valence-electron chi connectivity index (χ1n) is 4.06. The number of hydrogen-bond acceptors (Lipinski definition) is 0. The molecule has 10 heavy (non-hydrogen) atoms. The maximum Gasteiger partial charge on any atom is 0.0363 e. The van der Waals surface area contributed by atoms with Crippen molar-refractivity contribution in [2.75, 3.05) is 0 Å². The van der Waals surface area contributed by atoms with E-state index in [9.17, 15) is 0 Å². The molecule has 0 amide bonds. The summed E-state index contributed by atoms with van der Waals surface area (Å²) in [6.07, 6.45) is 9.15. The van der Waals surface area contributed by atoms with Crippen LogP contribution in [0.2, 0.25) is 0 Å². The smallest absolute Gasteiger partial charge is 0.0363 e. The summed E-state index contributed by atoms with van der Waals surface area (Å²) in [7, 11) is 0. The maximum atomic E-state index is 5.48. The monoisotopic (exact) mass is 136 g/mol. The molecule has 0 nitrogen and oxygen atoms in total. The van der Waals surface area contributed by atoms with Crippen LogP contribution in [0.5, 0.6) is 0 Å². The van der Waals surface area contributed by atoms with Gasteiger partial charge in [0.05, 0.1) is 0 Å². The topological polar surface area (TPSA) is 0 Å². The zero-order valence-electron chi connectivity index (χ0n) is 7.20. The van der Waals surface area contributed by atoms with Crippen LogP contribution < -0.4 is 0 Å². The van der Waals surface area contributed by atoms with Crippen LogP contribution in [-0.4, -0.2) is 0 Å². The first-order chi connectivity index (χ1) is 4.58. The number of terminal acetylenes is 1. The van der Waals surface area contributed by atoms with Crippen molar-refractivity contribution in [3.63, 3.8) is 0 Å². The zero-order valence-corrected chi connectivity index (χ0v) is 7.20. The molecular weight excluding hydrogens is 120 g/mol. The highest BCUT2D eigenvalue weighted by atomic mass is 14.5. The van der Waals surface area contributed by atoms with E-state index in [4.69, 9.17) is 6.42 Å². The van der Waals surface area contributed by atoms with E-state index in [1.807, 2.05) is 0 Å². The lowest BCUT2D eigenvalue weighted by Crippen LogP contribution is -2.22. The van der Waals surface area contributed by atoms with E-state index in [2.05, 4.69) is 26.7 Å². The van der Waals surface area contributed by atoms with Crippen LogP contribution in [0.4, 0.5) is 0 Å². The summed E-state index contributed by atoms with van der Waals surface area (Å²) in [4.78, 5) is 0. The largest absolute Gasteiger partial charge is 0.119 e. The van der Waals surface area contributed by atoms with Crippen LogP contribution in [0.3, 0.4) is 0 Å². The number of rotatable bonds is 2. The molecule has 0 atom stereocenters. The predicted octanol–water partition coefficient (Wildman–Crippen LogP) is 2.84. The van der Waals surface area contributed by atoms with Gasteiger partial charge in [-0.25, -0.2) is 0 Å². The normalized spacial score (nSPS) is 21.8. The van der Waals surface area contributed by atoms with Gasteiger partial charge in [-0.05, 0) is 24.7 Å². The van der Waals surface area contributed by atoms with Gasteiger partial charge in [-0.2, -0.15) is 0 Å². The summed E-state index contributed by atoms with van der Waals surface area (Å²) >= 11 is 0. The SMILES string of the molecule is C#CC1(C(C)(C)CC)CC1. The Morgan fingerprint density at radius 1 is 1.50 bits per heavy atom. The van der Waals surface area contributed by atoms with Crippen molar-refractivity contribution in [3.8, 4) is 12.3 Å². The summed E-state index contributed by atoms with van der Waals surface area (Å²) in [5, 5.41) is 0. The van der Waals surface area contributed by atoms with Crippen molar-refractivity contribution in [1.82, 2.24) is 0 Å². The van der Waals surface area contributed by atoms with E-state index in [1.165, 1.54) is 19.3 Å². The molecule has 0 bridgehead atoms. The Morgan fingerprint density at radius 3 is 2.10 bits per heavy atom. The molecular formula is C10H16. The van der Waals surface area contributed by atoms with Crippen molar-refractivity contribution in [2.45, 2.75) is 40.0 Å². The third-order valence-electron chi connectivity index (χ3n) is 3.21. The second-order valence-electron chi connectivity index (χ2n) is 3.96. The van der Waals surface area contributed by atoms with E-state index in [0.717, 1.165) is 0 Å². The van der Waals surface area contributed by atoms with Gasteiger partial charge < -0.3 is 0 Å². The van der Waals surface area contributed by atoms with Crippen LogP contribution in [0, 0.1) is 23.2 Å². The molecule has 0 aromatic carbocycles. The van der Waals surface area contributed by atoms with Crippen molar-refractivity contribution in [2.24, 2.45) is 10.8 Å². The predicted molar refractivity (Wildman–Crippen MR) is 44.6 cm³/mol. The lowest BCUT2D eigenvalue weighted by molar-refractivity contribution is 0.237. The van der Waals surface area contributed by atoms with Gasteiger partial charge in [-0.1, -0.05) is 26.7 Å². The summed E-state index contributed by atoms with van der Waals surface area (Å²) in [6, 6.07) is 0. The highest BCUT2D eigenvalue weighted by molar-refractivity contribution is 5.20. The first kappa shape index (κ1) is 7.66. The second kappa shape index (κ2) is 2.02. The standard InChI is InChI=1S/C10H16/c1-5-9(3,4)10(6-2)7-8-10/h2H,5,7-8H2,1,3-4H3. The van der Waals surface area contributed by atoms with Gasteiger partial charge >= 0.3 is 0 Å². The van der Waals surface area contributed by atoms with Crippen LogP contribution in [0.1, 0.15) is 40.0 Å². The molecule has 0 N–H and O–H groups in total. The minimum atomic E-state index is 0.266.